The molecule has 1 rings (SSSR count). The number of aryl methyl sites for hydroxylation is 1. The second-order valence-corrected chi connectivity index (χ2v) is 2.92. The van der Waals surface area contributed by atoms with Crippen molar-refractivity contribution in [3.8, 4) is 0 Å². The Hall–Kier alpha value is -2.17. The minimum atomic E-state index is -0.448. The van der Waals surface area contributed by atoms with Crippen LogP contribution < -0.4 is 0 Å². The van der Waals surface area contributed by atoms with Gasteiger partial charge in [-0.3, -0.25) is 10.1 Å². The van der Waals surface area contributed by atoms with Crippen molar-refractivity contribution in [1.29, 1.82) is 0 Å². The van der Waals surface area contributed by atoms with Crippen molar-refractivity contribution in [2.24, 2.45) is 5.16 Å². The number of benzene rings is 1. The molecule has 0 unspecified atom stereocenters. The predicted molar refractivity (Wildman–Crippen MR) is 57.1 cm³/mol. The van der Waals surface area contributed by atoms with Crippen LogP contribution in [0.2, 0.25) is 0 Å². The van der Waals surface area contributed by atoms with Crippen molar-refractivity contribution in [2.45, 2.75) is 6.92 Å². The van der Waals surface area contributed by atoms with Gasteiger partial charge < -0.3 is 5.21 Å². The number of hydrogen-bond donors (Lipinski definition) is 1. The van der Waals surface area contributed by atoms with Gasteiger partial charge in [0, 0.05) is 12.1 Å². The van der Waals surface area contributed by atoms with Gasteiger partial charge in [0.1, 0.15) is 0 Å². The van der Waals surface area contributed by atoms with Crippen LogP contribution >= 0.6 is 0 Å². The highest BCUT2D eigenvalue weighted by atomic mass is 16.6. The number of non-ortho nitro benzene ring substituents is 1. The minimum absolute atomic E-state index is 0.0428. The van der Waals surface area contributed by atoms with E-state index in [0.717, 1.165) is 11.1 Å². The van der Waals surface area contributed by atoms with Gasteiger partial charge in [-0.25, -0.2) is 0 Å². The molecule has 0 radical (unpaired) electrons. The summed E-state index contributed by atoms with van der Waals surface area (Å²) in [6.45, 7) is 1.85. The van der Waals surface area contributed by atoms with Crippen LogP contribution in [0.4, 0.5) is 5.69 Å². The average molecular weight is 206 g/mol. The fraction of sp³-hybridized carbons (Fsp3) is 0.100. The highest BCUT2D eigenvalue weighted by molar-refractivity contribution is 5.78. The van der Waals surface area contributed by atoms with Crippen LogP contribution in [0.5, 0.6) is 0 Å². The van der Waals surface area contributed by atoms with Crippen molar-refractivity contribution in [3.05, 3.63) is 45.5 Å². The molecule has 1 aromatic carbocycles. The van der Waals surface area contributed by atoms with Gasteiger partial charge in [-0.1, -0.05) is 17.3 Å². The van der Waals surface area contributed by atoms with Crippen LogP contribution in [0.25, 0.3) is 6.08 Å². The Balaban J connectivity index is 3.05. The highest BCUT2D eigenvalue weighted by Crippen LogP contribution is 2.18. The number of nitro benzene ring substituents is 1. The minimum Gasteiger partial charge on any atom is -0.411 e. The lowest BCUT2D eigenvalue weighted by Gasteiger charge is -1.98. The molecule has 0 bridgehead atoms. The fourth-order valence-electron chi connectivity index (χ4n) is 1.11. The zero-order valence-electron chi connectivity index (χ0n) is 8.12. The van der Waals surface area contributed by atoms with Crippen LogP contribution in [-0.2, 0) is 0 Å². The van der Waals surface area contributed by atoms with Crippen LogP contribution in [-0.4, -0.2) is 16.3 Å². The van der Waals surface area contributed by atoms with Crippen molar-refractivity contribution >= 4 is 18.0 Å². The molecule has 0 amide bonds. The first-order valence-corrected chi connectivity index (χ1v) is 4.24. The Bertz CT molecular complexity index is 425. The summed E-state index contributed by atoms with van der Waals surface area (Å²) in [7, 11) is 0. The van der Waals surface area contributed by atoms with Gasteiger partial charge in [-0.15, -0.1) is 0 Å². The maximum absolute atomic E-state index is 10.5. The molecule has 0 aliphatic carbocycles. The summed E-state index contributed by atoms with van der Waals surface area (Å²) < 4.78 is 0. The topological polar surface area (TPSA) is 75.7 Å². The smallest absolute Gasteiger partial charge is 0.270 e. The number of nitro groups is 1. The highest BCUT2D eigenvalue weighted by Gasteiger charge is 2.06. The third-order valence-electron chi connectivity index (χ3n) is 1.90. The molecule has 1 aromatic rings. The van der Waals surface area contributed by atoms with Gasteiger partial charge in [0.15, 0.2) is 0 Å². The summed E-state index contributed by atoms with van der Waals surface area (Å²) in [4.78, 5) is 10.1. The van der Waals surface area contributed by atoms with E-state index in [9.17, 15) is 10.1 Å². The molecule has 0 aliphatic heterocycles. The average Bonchev–Trinajstić information content (AvgIpc) is 2.20. The third kappa shape index (κ3) is 2.91. The first kappa shape index (κ1) is 10.9. The Morgan fingerprint density at radius 3 is 2.87 bits per heavy atom. The second-order valence-electron chi connectivity index (χ2n) is 2.92. The largest absolute Gasteiger partial charge is 0.411 e. The molecular weight excluding hydrogens is 196 g/mol. The van der Waals surface area contributed by atoms with E-state index in [2.05, 4.69) is 5.16 Å². The number of rotatable bonds is 3. The third-order valence-corrected chi connectivity index (χ3v) is 1.90. The number of allylic oxidation sites excluding steroid dienone is 1. The number of oxime groups is 1. The number of nitrogens with zero attached hydrogens (tertiary/aromatic N) is 2. The monoisotopic (exact) mass is 206 g/mol. The summed E-state index contributed by atoms with van der Waals surface area (Å²) in [6, 6.07) is 4.59. The van der Waals surface area contributed by atoms with E-state index in [1.54, 1.807) is 12.1 Å². The SMILES string of the molecule is Cc1ccc([N+](=O)[O-])cc1/C=C\C=N\O. The zero-order chi connectivity index (χ0) is 11.3. The lowest BCUT2D eigenvalue weighted by molar-refractivity contribution is -0.384. The molecule has 5 heteroatoms. The van der Waals surface area contributed by atoms with Crippen LogP contribution in [0.15, 0.2) is 29.4 Å². The van der Waals surface area contributed by atoms with Gasteiger partial charge in [-0.2, -0.15) is 0 Å². The quantitative estimate of drug-likeness (QED) is 0.357. The van der Waals surface area contributed by atoms with Crippen molar-refractivity contribution in [3.63, 3.8) is 0 Å². The van der Waals surface area contributed by atoms with Gasteiger partial charge in [0.05, 0.1) is 11.1 Å². The standard InChI is InChI=1S/C10H10N2O3/c1-8-4-5-10(12(14)15)7-9(8)3-2-6-11-13/h2-7,13H,1H3/b3-2-,11-6+. The lowest BCUT2D eigenvalue weighted by atomic mass is 10.1. The Kier molecular flexibility index (Phi) is 3.56. The predicted octanol–water partition coefficient (Wildman–Crippen LogP) is 2.38. The molecule has 0 heterocycles. The van der Waals surface area contributed by atoms with E-state index in [1.807, 2.05) is 6.92 Å². The summed E-state index contributed by atoms with van der Waals surface area (Å²) in [5.74, 6) is 0. The van der Waals surface area contributed by atoms with E-state index < -0.39 is 4.92 Å². The molecule has 5 nitrogen and oxygen atoms in total. The van der Waals surface area contributed by atoms with E-state index >= 15 is 0 Å². The van der Waals surface area contributed by atoms with E-state index in [-0.39, 0.29) is 5.69 Å². The van der Waals surface area contributed by atoms with E-state index in [4.69, 9.17) is 5.21 Å². The molecule has 15 heavy (non-hydrogen) atoms. The fourth-order valence-corrected chi connectivity index (χ4v) is 1.11. The Labute approximate surface area is 86.5 Å². The Morgan fingerprint density at radius 2 is 2.27 bits per heavy atom. The first-order chi connectivity index (χ1) is 7.15. The van der Waals surface area contributed by atoms with Crippen molar-refractivity contribution in [2.75, 3.05) is 0 Å². The summed E-state index contributed by atoms with van der Waals surface area (Å²) >= 11 is 0. The molecule has 0 atom stereocenters. The molecule has 1 N–H and O–H groups in total. The van der Waals surface area contributed by atoms with Crippen molar-refractivity contribution < 1.29 is 10.1 Å². The van der Waals surface area contributed by atoms with Gasteiger partial charge in [0.25, 0.3) is 5.69 Å². The van der Waals surface area contributed by atoms with Gasteiger partial charge >= 0.3 is 0 Å². The Morgan fingerprint density at radius 1 is 1.53 bits per heavy atom. The summed E-state index contributed by atoms with van der Waals surface area (Å²) in [6.07, 6.45) is 4.34. The molecule has 0 saturated carbocycles. The molecule has 0 spiro atoms. The van der Waals surface area contributed by atoms with E-state index in [0.29, 0.717) is 0 Å². The van der Waals surface area contributed by atoms with Crippen LogP contribution in [0.1, 0.15) is 11.1 Å². The van der Waals surface area contributed by atoms with Crippen LogP contribution in [0.3, 0.4) is 0 Å². The number of hydrogen-bond acceptors (Lipinski definition) is 4. The molecule has 0 fully saturated rings. The molecular formula is C10H10N2O3. The van der Waals surface area contributed by atoms with Crippen LogP contribution in [0, 0.1) is 17.0 Å². The second kappa shape index (κ2) is 4.90. The normalized spacial score (nSPS) is 11.3. The molecule has 0 saturated heterocycles. The summed E-state index contributed by atoms with van der Waals surface area (Å²) in [5, 5.41) is 21.5. The lowest BCUT2D eigenvalue weighted by Crippen LogP contribution is -1.89. The van der Waals surface area contributed by atoms with Crippen molar-refractivity contribution in [1.82, 2.24) is 0 Å². The van der Waals surface area contributed by atoms with Gasteiger partial charge in [-0.05, 0) is 24.1 Å². The first-order valence-electron chi connectivity index (χ1n) is 4.24. The molecule has 78 valence electrons. The zero-order valence-corrected chi connectivity index (χ0v) is 8.12. The van der Waals surface area contributed by atoms with Gasteiger partial charge in [0.2, 0.25) is 0 Å². The summed E-state index contributed by atoms with van der Waals surface area (Å²) in [5.41, 5.74) is 1.69. The van der Waals surface area contributed by atoms with E-state index in [1.165, 1.54) is 24.4 Å². The molecule has 0 aromatic heterocycles. The maximum Gasteiger partial charge on any atom is 0.270 e. The maximum atomic E-state index is 10.5. The molecule has 0 aliphatic rings.